The minimum Gasteiger partial charge on any atom is -0.484 e. The summed E-state index contributed by atoms with van der Waals surface area (Å²) in [6.07, 6.45) is 1.80. The second-order valence-electron chi connectivity index (χ2n) is 13.2. The molecular weight excluding hydrogens is 648 g/mol. The number of fused-ring (bicyclic) bond motifs is 1. The number of halogens is 4. The third-order valence-electron chi connectivity index (χ3n) is 8.46. The third-order valence-corrected chi connectivity index (χ3v) is 8.46. The Balaban J connectivity index is 1.60. The van der Waals surface area contributed by atoms with E-state index < -0.39 is 77.7 Å². The summed E-state index contributed by atoms with van der Waals surface area (Å²) in [5, 5.41) is 14.3. The first-order valence-corrected chi connectivity index (χ1v) is 16.3. The number of nitrogens with zero attached hydrogens (tertiary/aromatic N) is 1. The van der Waals surface area contributed by atoms with Crippen LogP contribution in [0.2, 0.25) is 0 Å². The molecule has 266 valence electrons. The molecule has 1 aliphatic carbocycles. The molecule has 3 aromatic carbocycles. The molecule has 0 bridgehead atoms. The zero-order chi connectivity index (χ0) is 35.9. The molecule has 13 heteroatoms. The van der Waals surface area contributed by atoms with Gasteiger partial charge in [-0.3, -0.25) is 19.6 Å². The average Bonchev–Trinajstić information content (AvgIpc) is 3.05. The van der Waals surface area contributed by atoms with E-state index in [0.717, 1.165) is 35.6 Å². The summed E-state index contributed by atoms with van der Waals surface area (Å²) in [6.45, 7) is 5.41. The van der Waals surface area contributed by atoms with Crippen molar-refractivity contribution < 1.29 is 51.6 Å². The van der Waals surface area contributed by atoms with E-state index in [0.29, 0.717) is 12.8 Å². The van der Waals surface area contributed by atoms with Crippen molar-refractivity contribution in [1.82, 2.24) is 10.2 Å². The maximum atomic E-state index is 14.3. The Labute approximate surface area is 282 Å². The van der Waals surface area contributed by atoms with Crippen molar-refractivity contribution in [1.29, 1.82) is 0 Å². The van der Waals surface area contributed by atoms with E-state index in [-0.39, 0.29) is 24.4 Å². The number of esters is 1. The third kappa shape index (κ3) is 9.69. The van der Waals surface area contributed by atoms with Gasteiger partial charge < -0.3 is 19.7 Å². The molecule has 3 aromatic rings. The van der Waals surface area contributed by atoms with Gasteiger partial charge in [-0.2, -0.15) is 8.78 Å². The second-order valence-corrected chi connectivity index (χ2v) is 13.2. The number of carbonyl (C=O) groups is 3. The van der Waals surface area contributed by atoms with E-state index >= 15 is 0 Å². The summed E-state index contributed by atoms with van der Waals surface area (Å²) >= 11 is 0. The zero-order valence-corrected chi connectivity index (χ0v) is 27.9. The first-order chi connectivity index (χ1) is 23.2. The lowest BCUT2D eigenvalue weighted by atomic mass is 9.92. The molecule has 0 radical (unpaired) electrons. The zero-order valence-electron chi connectivity index (χ0n) is 27.9. The van der Waals surface area contributed by atoms with Gasteiger partial charge in [0, 0.05) is 12.1 Å². The number of ether oxygens (including phenoxy) is 2. The lowest BCUT2D eigenvalue weighted by Crippen LogP contribution is -2.57. The van der Waals surface area contributed by atoms with Crippen molar-refractivity contribution in [2.24, 2.45) is 0 Å². The standard InChI is InChI=1S/C36H42F4N2O7/c1-21(42(24-14-6-5-7-15-24)30(43)17-23-13-10-12-22-11-8-9-16-25(22)23)35(45)41-28(19-31(44)48-36(2,3)4)29(49-46)20-47-34-32(39)26(37)18-27(38)33(34)40/h8-13,16,18,21,24,28-29,46H,5-7,14-15,17,19-20H2,1-4H3,(H,41,45)/t21-,28?,29?/m0/s1. The lowest BCUT2D eigenvalue weighted by molar-refractivity contribution is -0.289. The second kappa shape index (κ2) is 16.4. The SMILES string of the molecule is C[C@@H](C(=O)NC(CC(=O)OC(C)(C)C)C(COc1c(F)c(F)cc(F)c1F)OO)N(C(=O)Cc1cccc2ccccc12)C1CCCCC1. The molecule has 1 fully saturated rings. The highest BCUT2D eigenvalue weighted by molar-refractivity contribution is 5.93. The Morgan fingerprint density at radius 3 is 2.22 bits per heavy atom. The molecule has 0 aromatic heterocycles. The van der Waals surface area contributed by atoms with Crippen LogP contribution in [0.15, 0.2) is 48.5 Å². The molecular formula is C36H42F4N2O7. The van der Waals surface area contributed by atoms with Gasteiger partial charge in [0.15, 0.2) is 17.4 Å². The largest absolute Gasteiger partial charge is 0.484 e. The highest BCUT2D eigenvalue weighted by Crippen LogP contribution is 2.29. The van der Waals surface area contributed by atoms with Crippen molar-refractivity contribution >= 4 is 28.6 Å². The number of rotatable bonds is 13. The van der Waals surface area contributed by atoms with Gasteiger partial charge in [0.1, 0.15) is 24.4 Å². The summed E-state index contributed by atoms with van der Waals surface area (Å²) < 4.78 is 66.5. The van der Waals surface area contributed by atoms with Crippen LogP contribution < -0.4 is 10.1 Å². The first-order valence-electron chi connectivity index (χ1n) is 16.3. The van der Waals surface area contributed by atoms with Crippen LogP contribution in [0.25, 0.3) is 10.8 Å². The quantitative estimate of drug-likeness (QED) is 0.0680. The van der Waals surface area contributed by atoms with E-state index in [1.54, 1.807) is 32.6 Å². The maximum absolute atomic E-state index is 14.3. The fourth-order valence-corrected chi connectivity index (χ4v) is 6.13. The van der Waals surface area contributed by atoms with Gasteiger partial charge in [0.05, 0.1) is 18.9 Å². The maximum Gasteiger partial charge on any atom is 0.308 e. The summed E-state index contributed by atoms with van der Waals surface area (Å²) in [5.41, 5.74) is -0.152. The van der Waals surface area contributed by atoms with Crippen molar-refractivity contribution in [3.05, 3.63) is 77.4 Å². The highest BCUT2D eigenvalue weighted by atomic mass is 19.2. The predicted octanol–water partition coefficient (Wildman–Crippen LogP) is 6.64. The lowest BCUT2D eigenvalue weighted by Gasteiger charge is -2.39. The van der Waals surface area contributed by atoms with E-state index in [1.807, 2.05) is 42.5 Å². The van der Waals surface area contributed by atoms with Gasteiger partial charge in [0.2, 0.25) is 23.4 Å². The molecule has 49 heavy (non-hydrogen) atoms. The Hall–Kier alpha value is -4.23. The fourth-order valence-electron chi connectivity index (χ4n) is 6.13. The van der Waals surface area contributed by atoms with Gasteiger partial charge in [0.25, 0.3) is 0 Å². The van der Waals surface area contributed by atoms with Crippen molar-refractivity contribution in [2.75, 3.05) is 6.61 Å². The summed E-state index contributed by atoms with van der Waals surface area (Å²) in [5.74, 6) is -10.4. The first kappa shape index (κ1) is 37.6. The van der Waals surface area contributed by atoms with Crippen LogP contribution in [0.3, 0.4) is 0 Å². The number of hydrogen-bond acceptors (Lipinski definition) is 7. The number of amides is 2. The van der Waals surface area contributed by atoms with Crippen LogP contribution >= 0.6 is 0 Å². The van der Waals surface area contributed by atoms with E-state index in [2.05, 4.69) is 10.2 Å². The average molecular weight is 691 g/mol. The Bertz CT molecular complexity index is 1610. The Morgan fingerprint density at radius 1 is 0.959 bits per heavy atom. The van der Waals surface area contributed by atoms with E-state index in [4.69, 9.17) is 9.47 Å². The Morgan fingerprint density at radius 2 is 1.59 bits per heavy atom. The summed E-state index contributed by atoms with van der Waals surface area (Å²) in [7, 11) is 0. The van der Waals surface area contributed by atoms with Gasteiger partial charge in [-0.15, -0.1) is 0 Å². The van der Waals surface area contributed by atoms with Crippen LogP contribution in [-0.2, 0) is 30.4 Å². The summed E-state index contributed by atoms with van der Waals surface area (Å²) in [6, 6.07) is 10.6. The minimum absolute atomic E-state index is 0.00407. The Kier molecular flexibility index (Phi) is 12.6. The fraction of sp³-hybridized carbons (Fsp3) is 0.472. The van der Waals surface area contributed by atoms with Crippen LogP contribution in [0.5, 0.6) is 5.75 Å². The summed E-state index contributed by atoms with van der Waals surface area (Å²) in [4.78, 5) is 46.9. The normalized spacial score (nSPS) is 15.7. The van der Waals surface area contributed by atoms with Crippen LogP contribution in [0.1, 0.15) is 71.8 Å². The van der Waals surface area contributed by atoms with Gasteiger partial charge in [-0.05, 0) is 56.9 Å². The molecule has 0 heterocycles. The molecule has 0 aliphatic heterocycles. The van der Waals surface area contributed by atoms with Gasteiger partial charge >= 0.3 is 5.97 Å². The molecule has 1 saturated carbocycles. The van der Waals surface area contributed by atoms with Crippen LogP contribution in [0.4, 0.5) is 17.6 Å². The number of benzene rings is 3. The molecule has 2 amide bonds. The van der Waals surface area contributed by atoms with Crippen LogP contribution in [-0.4, -0.2) is 64.4 Å². The molecule has 1 aliphatic rings. The van der Waals surface area contributed by atoms with E-state index in [9.17, 15) is 37.2 Å². The van der Waals surface area contributed by atoms with Crippen molar-refractivity contribution in [3.8, 4) is 5.75 Å². The number of nitrogens with one attached hydrogen (secondary N) is 1. The molecule has 2 N–H and O–H groups in total. The van der Waals surface area contributed by atoms with Crippen molar-refractivity contribution in [2.45, 2.75) is 102 Å². The van der Waals surface area contributed by atoms with E-state index in [1.165, 1.54) is 0 Å². The molecule has 0 spiro atoms. The highest BCUT2D eigenvalue weighted by Gasteiger charge is 2.37. The smallest absolute Gasteiger partial charge is 0.308 e. The van der Waals surface area contributed by atoms with Crippen molar-refractivity contribution in [3.63, 3.8) is 0 Å². The molecule has 4 rings (SSSR count). The minimum atomic E-state index is -1.83. The van der Waals surface area contributed by atoms with Gasteiger partial charge in [-0.25, -0.2) is 13.7 Å². The molecule has 2 unspecified atom stereocenters. The van der Waals surface area contributed by atoms with Gasteiger partial charge in [-0.1, -0.05) is 61.7 Å². The number of carbonyl (C=O) groups excluding carboxylic acids is 3. The monoisotopic (exact) mass is 690 g/mol. The van der Waals surface area contributed by atoms with Crippen LogP contribution in [0, 0.1) is 23.3 Å². The predicted molar refractivity (Wildman–Crippen MR) is 172 cm³/mol. The molecule has 0 saturated heterocycles. The number of hydrogen-bond donors (Lipinski definition) is 2. The molecule has 3 atom stereocenters. The topological polar surface area (TPSA) is 114 Å². The molecule has 9 nitrogen and oxygen atoms in total.